The number of carbonyl (C=O) groups is 4. The van der Waals surface area contributed by atoms with Crippen molar-refractivity contribution in [2.45, 2.75) is 101 Å². The molecule has 10 nitrogen and oxygen atoms in total. The van der Waals surface area contributed by atoms with E-state index in [1.807, 2.05) is 0 Å². The number of fused-ring (bicyclic) bond motifs is 3. The SMILES string of the molecule is C=C1CC[C@H](OC(C)=O)[C@@]2(C)[C@@H](OC(C)=O)CC[C@]3(CO3)[C@@H]2[C@@H](OC(C)=O)[C@]2(O)[C@@H](C)C(=O)O[C@H]2[C@H]1Cl. The predicted molar refractivity (Wildman–Crippen MR) is 128 cm³/mol. The van der Waals surface area contributed by atoms with Gasteiger partial charge in [0, 0.05) is 26.7 Å². The number of rotatable bonds is 3. The van der Waals surface area contributed by atoms with Crippen molar-refractivity contribution in [3.8, 4) is 0 Å². The number of epoxide rings is 1. The second-order valence-electron chi connectivity index (χ2n) is 11.0. The Kier molecular flexibility index (Phi) is 7.18. The Balaban J connectivity index is 2.00. The minimum Gasteiger partial charge on any atom is -0.462 e. The summed E-state index contributed by atoms with van der Waals surface area (Å²) in [5.41, 5.74) is -3.71. The van der Waals surface area contributed by atoms with E-state index in [0.29, 0.717) is 18.4 Å². The van der Waals surface area contributed by atoms with Crippen molar-refractivity contribution in [3.63, 3.8) is 0 Å². The molecule has 4 rings (SSSR count). The second-order valence-corrected chi connectivity index (χ2v) is 11.5. The lowest BCUT2D eigenvalue weighted by Crippen LogP contribution is -2.70. The smallest absolute Gasteiger partial charge is 0.312 e. The van der Waals surface area contributed by atoms with Crippen LogP contribution in [-0.2, 0) is 42.9 Å². The molecule has 1 spiro atoms. The lowest BCUT2D eigenvalue weighted by molar-refractivity contribution is -0.244. The third kappa shape index (κ3) is 4.44. The molecule has 4 fully saturated rings. The molecule has 2 saturated carbocycles. The van der Waals surface area contributed by atoms with E-state index in [0.717, 1.165) is 0 Å². The Bertz CT molecular complexity index is 1010. The number of aliphatic hydroxyl groups is 1. The van der Waals surface area contributed by atoms with E-state index in [1.165, 1.54) is 27.7 Å². The summed E-state index contributed by atoms with van der Waals surface area (Å²) in [5, 5.41) is 11.4. The van der Waals surface area contributed by atoms with Gasteiger partial charge in [0.1, 0.15) is 18.3 Å². The van der Waals surface area contributed by atoms with Crippen LogP contribution in [0.4, 0.5) is 0 Å². The Hall–Kier alpha value is -2.17. The number of alkyl halides is 1. The summed E-state index contributed by atoms with van der Waals surface area (Å²) in [6.45, 7) is 11.4. The molecule has 1 N–H and O–H groups in total. The van der Waals surface area contributed by atoms with Gasteiger partial charge in [-0.1, -0.05) is 19.1 Å². The number of carbonyl (C=O) groups excluding carboxylic acids is 4. The van der Waals surface area contributed by atoms with Gasteiger partial charge in [-0.15, -0.1) is 11.6 Å². The fourth-order valence-corrected chi connectivity index (χ4v) is 7.22. The number of hydrogen-bond acceptors (Lipinski definition) is 10. The molecule has 11 heteroatoms. The van der Waals surface area contributed by atoms with Crippen LogP contribution in [0.15, 0.2) is 12.2 Å². The van der Waals surface area contributed by atoms with Gasteiger partial charge >= 0.3 is 23.9 Å². The molecule has 0 aromatic heterocycles. The van der Waals surface area contributed by atoms with E-state index in [-0.39, 0.29) is 19.4 Å². The second kappa shape index (κ2) is 9.54. The Morgan fingerprint density at radius 2 is 1.59 bits per heavy atom. The first-order chi connectivity index (χ1) is 17.2. The summed E-state index contributed by atoms with van der Waals surface area (Å²) in [4.78, 5) is 50.0. The third-order valence-electron chi connectivity index (χ3n) is 8.77. The van der Waals surface area contributed by atoms with Crippen LogP contribution in [0.5, 0.6) is 0 Å². The highest BCUT2D eigenvalue weighted by Gasteiger charge is 2.75. The third-order valence-corrected chi connectivity index (χ3v) is 9.30. The summed E-state index contributed by atoms with van der Waals surface area (Å²) in [5.74, 6) is -4.47. The molecule has 0 radical (unpaired) electrons. The van der Waals surface area contributed by atoms with Crippen molar-refractivity contribution < 1.29 is 48.0 Å². The summed E-state index contributed by atoms with van der Waals surface area (Å²) in [7, 11) is 0. The van der Waals surface area contributed by atoms with E-state index >= 15 is 0 Å². The van der Waals surface area contributed by atoms with Crippen molar-refractivity contribution >= 4 is 35.5 Å². The zero-order chi connectivity index (χ0) is 27.5. The molecule has 2 aliphatic carbocycles. The van der Waals surface area contributed by atoms with Gasteiger partial charge in [0.25, 0.3) is 0 Å². The average molecular weight is 543 g/mol. The normalized spacial score (nSPS) is 45.2. The maximum absolute atomic E-state index is 12.9. The summed E-state index contributed by atoms with van der Waals surface area (Å²) in [6.07, 6.45) is -2.94. The Morgan fingerprint density at radius 3 is 2.11 bits per heavy atom. The first-order valence-electron chi connectivity index (χ1n) is 12.6. The number of halogens is 1. The summed E-state index contributed by atoms with van der Waals surface area (Å²) < 4.78 is 29.2. The first kappa shape index (κ1) is 27.9. The molecular weight excluding hydrogens is 508 g/mol. The molecule has 0 unspecified atom stereocenters. The lowest BCUT2D eigenvalue weighted by Gasteiger charge is -2.57. The van der Waals surface area contributed by atoms with Crippen molar-refractivity contribution in [2.24, 2.45) is 17.3 Å². The first-order valence-corrected chi connectivity index (χ1v) is 13.0. The van der Waals surface area contributed by atoms with Crippen LogP contribution in [0.25, 0.3) is 0 Å². The van der Waals surface area contributed by atoms with Crippen LogP contribution in [-0.4, -0.2) is 76.6 Å². The molecular formula is C26H35ClO10. The van der Waals surface area contributed by atoms with Crippen LogP contribution in [0, 0.1) is 17.3 Å². The molecule has 0 aromatic carbocycles. The van der Waals surface area contributed by atoms with Crippen LogP contribution < -0.4 is 0 Å². The number of hydrogen-bond donors (Lipinski definition) is 1. The number of esters is 4. The minimum atomic E-state index is -2.08. The van der Waals surface area contributed by atoms with Crippen molar-refractivity contribution in [2.75, 3.05) is 6.61 Å². The molecule has 37 heavy (non-hydrogen) atoms. The molecule has 2 aliphatic heterocycles. The highest BCUT2D eigenvalue weighted by Crippen LogP contribution is 2.62. The van der Waals surface area contributed by atoms with Gasteiger partial charge in [0.2, 0.25) is 0 Å². The van der Waals surface area contributed by atoms with E-state index in [9.17, 15) is 24.3 Å². The zero-order valence-electron chi connectivity index (χ0n) is 21.8. The Morgan fingerprint density at radius 1 is 1.05 bits per heavy atom. The molecule has 2 saturated heterocycles. The summed E-state index contributed by atoms with van der Waals surface area (Å²) in [6, 6.07) is 0. The van der Waals surface area contributed by atoms with Gasteiger partial charge in [0.05, 0.1) is 28.9 Å². The topological polar surface area (TPSA) is 138 Å². The fourth-order valence-electron chi connectivity index (χ4n) is 6.85. The van der Waals surface area contributed by atoms with Gasteiger partial charge in [-0.05, 0) is 32.6 Å². The van der Waals surface area contributed by atoms with Crippen LogP contribution >= 0.6 is 11.6 Å². The maximum Gasteiger partial charge on any atom is 0.312 e. The van der Waals surface area contributed by atoms with E-state index in [4.69, 9.17) is 35.3 Å². The van der Waals surface area contributed by atoms with Crippen molar-refractivity contribution in [1.82, 2.24) is 0 Å². The molecule has 10 atom stereocenters. The lowest BCUT2D eigenvalue weighted by atomic mass is 9.52. The highest BCUT2D eigenvalue weighted by atomic mass is 35.5. The standard InChI is InChI=1S/C26H35ClO10/c1-12-7-8-17(34-14(3)28)24(6)18(35-15(4)29)9-10-25(11-33-25)20(24)22(36-16(5)30)26(32)13(2)23(31)37-21(26)19(12)27/h13,17-22,32H,1,7-11H2,2-6H3/t13-,17-,18-,19-,20+,21-,22+,24-,25-,26-/m0/s1. The van der Waals surface area contributed by atoms with Gasteiger partial charge in [-0.25, -0.2) is 0 Å². The monoisotopic (exact) mass is 542 g/mol. The van der Waals surface area contributed by atoms with Gasteiger partial charge in [-0.3, -0.25) is 19.2 Å². The molecule has 4 aliphatic rings. The minimum absolute atomic E-state index is 0.254. The van der Waals surface area contributed by atoms with Gasteiger partial charge < -0.3 is 28.8 Å². The highest BCUT2D eigenvalue weighted by molar-refractivity contribution is 6.23. The molecule has 2 heterocycles. The number of ether oxygens (including phenoxy) is 5. The maximum atomic E-state index is 12.9. The zero-order valence-corrected chi connectivity index (χ0v) is 22.5. The largest absolute Gasteiger partial charge is 0.462 e. The molecule has 206 valence electrons. The molecule has 0 bridgehead atoms. The Labute approximate surface area is 220 Å². The van der Waals surface area contributed by atoms with E-state index in [1.54, 1.807) is 6.92 Å². The van der Waals surface area contributed by atoms with Crippen LogP contribution in [0.2, 0.25) is 0 Å². The fraction of sp³-hybridized carbons (Fsp3) is 0.769. The molecule has 0 aromatic rings. The van der Waals surface area contributed by atoms with Gasteiger partial charge in [-0.2, -0.15) is 0 Å². The van der Waals surface area contributed by atoms with Crippen molar-refractivity contribution in [1.29, 1.82) is 0 Å². The molecule has 0 amide bonds. The summed E-state index contributed by atoms with van der Waals surface area (Å²) >= 11 is 6.75. The van der Waals surface area contributed by atoms with Crippen LogP contribution in [0.1, 0.15) is 60.3 Å². The van der Waals surface area contributed by atoms with Crippen molar-refractivity contribution in [3.05, 3.63) is 12.2 Å². The predicted octanol–water partition coefficient (Wildman–Crippen LogP) is 2.22. The van der Waals surface area contributed by atoms with E-state index < -0.39 is 82.1 Å². The van der Waals surface area contributed by atoms with Crippen LogP contribution in [0.3, 0.4) is 0 Å². The van der Waals surface area contributed by atoms with E-state index in [2.05, 4.69) is 6.58 Å². The van der Waals surface area contributed by atoms with Gasteiger partial charge in [0.15, 0.2) is 11.7 Å². The quantitative estimate of drug-likeness (QED) is 0.186. The average Bonchev–Trinajstić information content (AvgIpc) is 3.53.